The van der Waals surface area contributed by atoms with Crippen molar-refractivity contribution in [3.8, 4) is 11.5 Å². The van der Waals surface area contributed by atoms with Crippen LogP contribution in [0.2, 0.25) is 5.02 Å². The van der Waals surface area contributed by atoms with Gasteiger partial charge in [-0.2, -0.15) is 5.10 Å². The third-order valence-electron chi connectivity index (χ3n) is 3.36. The zero-order valence-electron chi connectivity index (χ0n) is 12.5. The maximum atomic E-state index is 6.32. The van der Waals surface area contributed by atoms with E-state index < -0.39 is 0 Å². The normalized spacial score (nSPS) is 10.7. The van der Waals surface area contributed by atoms with Gasteiger partial charge in [0, 0.05) is 19.2 Å². The number of benzene rings is 1. The molecule has 0 atom stereocenters. The van der Waals surface area contributed by atoms with Crippen LogP contribution in [0, 0.1) is 0 Å². The van der Waals surface area contributed by atoms with Crippen LogP contribution in [0.3, 0.4) is 0 Å². The zero-order chi connectivity index (χ0) is 15.4. The van der Waals surface area contributed by atoms with Crippen LogP contribution in [-0.2, 0) is 26.6 Å². The molecule has 2 rings (SSSR count). The fourth-order valence-corrected chi connectivity index (χ4v) is 2.51. The van der Waals surface area contributed by atoms with Crippen molar-refractivity contribution in [3.63, 3.8) is 0 Å². The Labute approximate surface area is 129 Å². The number of aromatic nitrogens is 2. The quantitative estimate of drug-likeness (QED) is 0.891. The molecular formula is C15H20ClN3O2. The Bertz CT molecular complexity index is 603. The van der Waals surface area contributed by atoms with Gasteiger partial charge in [0.25, 0.3) is 0 Å². The van der Waals surface area contributed by atoms with E-state index in [0.29, 0.717) is 29.7 Å². The summed E-state index contributed by atoms with van der Waals surface area (Å²) >= 11 is 6.32. The van der Waals surface area contributed by atoms with E-state index in [4.69, 9.17) is 26.8 Å². The summed E-state index contributed by atoms with van der Waals surface area (Å²) in [5.41, 5.74) is 8.35. The lowest BCUT2D eigenvalue weighted by molar-refractivity contribution is 0.273. The van der Waals surface area contributed by atoms with E-state index in [2.05, 4.69) is 5.10 Å². The van der Waals surface area contributed by atoms with Gasteiger partial charge < -0.3 is 15.2 Å². The van der Waals surface area contributed by atoms with E-state index in [0.717, 1.165) is 23.4 Å². The largest absolute Gasteiger partial charge is 0.493 e. The number of nitrogens with two attached hydrogens (primary N) is 1. The lowest BCUT2D eigenvalue weighted by atomic mass is 10.2. The lowest BCUT2D eigenvalue weighted by Crippen LogP contribution is -2.07. The Kier molecular flexibility index (Phi) is 5.09. The molecule has 0 unspecified atom stereocenters. The molecule has 114 valence electrons. The van der Waals surface area contributed by atoms with E-state index in [1.807, 2.05) is 32.2 Å². The minimum Gasteiger partial charge on any atom is -0.493 e. The van der Waals surface area contributed by atoms with Gasteiger partial charge in [0.15, 0.2) is 11.5 Å². The second-order valence-corrected chi connectivity index (χ2v) is 5.00. The van der Waals surface area contributed by atoms with E-state index in [1.165, 1.54) is 0 Å². The van der Waals surface area contributed by atoms with Gasteiger partial charge in [-0.05, 0) is 12.5 Å². The maximum Gasteiger partial charge on any atom is 0.166 e. The number of ether oxygens (including phenoxy) is 2. The Morgan fingerprint density at radius 3 is 2.71 bits per heavy atom. The van der Waals surface area contributed by atoms with Gasteiger partial charge >= 0.3 is 0 Å². The van der Waals surface area contributed by atoms with Crippen molar-refractivity contribution in [1.82, 2.24) is 9.78 Å². The second-order valence-electron chi connectivity index (χ2n) is 4.63. The molecule has 2 N–H and O–H groups in total. The predicted octanol–water partition coefficient (Wildman–Crippen LogP) is 2.68. The van der Waals surface area contributed by atoms with E-state index in [-0.39, 0.29) is 0 Å². The highest BCUT2D eigenvalue weighted by molar-refractivity contribution is 6.31. The number of nitrogens with zero attached hydrogens (tertiary/aromatic N) is 2. The predicted molar refractivity (Wildman–Crippen MR) is 82.8 cm³/mol. The third-order valence-corrected chi connectivity index (χ3v) is 3.79. The molecule has 0 spiro atoms. The van der Waals surface area contributed by atoms with E-state index >= 15 is 0 Å². The Morgan fingerprint density at radius 1 is 1.38 bits per heavy atom. The third kappa shape index (κ3) is 3.14. The number of methoxy groups -OCH3 is 1. The second kappa shape index (κ2) is 6.83. The SMILES string of the molecule is CCc1nn(C)c(COc2c(CN)cccc2OC)c1Cl. The van der Waals surface area contributed by atoms with Crippen LogP contribution in [0.1, 0.15) is 23.9 Å². The van der Waals surface area contributed by atoms with Crippen LogP contribution in [0.4, 0.5) is 0 Å². The van der Waals surface area contributed by atoms with Crippen molar-refractivity contribution in [2.24, 2.45) is 12.8 Å². The van der Waals surface area contributed by atoms with Crippen LogP contribution in [-0.4, -0.2) is 16.9 Å². The van der Waals surface area contributed by atoms with Gasteiger partial charge in [0.1, 0.15) is 6.61 Å². The molecule has 1 aromatic heterocycles. The molecule has 0 radical (unpaired) electrons. The summed E-state index contributed by atoms with van der Waals surface area (Å²) in [6.45, 7) is 2.72. The van der Waals surface area contributed by atoms with Gasteiger partial charge in [-0.1, -0.05) is 30.7 Å². The Hall–Kier alpha value is -1.72. The summed E-state index contributed by atoms with van der Waals surface area (Å²) in [7, 11) is 3.46. The fraction of sp³-hybridized carbons (Fsp3) is 0.400. The van der Waals surface area contributed by atoms with Crippen LogP contribution in [0.25, 0.3) is 0 Å². The highest BCUT2D eigenvalue weighted by Crippen LogP contribution is 2.32. The molecule has 21 heavy (non-hydrogen) atoms. The van der Waals surface area contributed by atoms with E-state index in [9.17, 15) is 0 Å². The topological polar surface area (TPSA) is 62.3 Å². The minimum atomic E-state index is 0.315. The Balaban J connectivity index is 2.26. The first kappa shape index (κ1) is 15.7. The Morgan fingerprint density at radius 2 is 2.14 bits per heavy atom. The van der Waals surface area contributed by atoms with Gasteiger partial charge in [0.05, 0.1) is 23.5 Å². The number of hydrogen-bond acceptors (Lipinski definition) is 4. The molecule has 0 aliphatic carbocycles. The molecule has 0 aliphatic rings. The van der Waals surface area contributed by atoms with Crippen molar-refractivity contribution in [3.05, 3.63) is 40.2 Å². The van der Waals surface area contributed by atoms with Crippen molar-refractivity contribution >= 4 is 11.6 Å². The molecule has 0 aliphatic heterocycles. The lowest BCUT2D eigenvalue weighted by Gasteiger charge is -2.14. The fourth-order valence-electron chi connectivity index (χ4n) is 2.16. The monoisotopic (exact) mass is 309 g/mol. The first-order valence-corrected chi connectivity index (χ1v) is 7.19. The minimum absolute atomic E-state index is 0.315. The van der Waals surface area contributed by atoms with Crippen LogP contribution < -0.4 is 15.2 Å². The molecule has 5 nitrogen and oxygen atoms in total. The molecule has 2 aromatic rings. The zero-order valence-corrected chi connectivity index (χ0v) is 13.3. The van der Waals surface area contributed by atoms with E-state index in [1.54, 1.807) is 11.8 Å². The molecule has 1 aromatic carbocycles. The number of hydrogen-bond donors (Lipinski definition) is 1. The van der Waals surface area contributed by atoms with Crippen LogP contribution >= 0.6 is 11.6 Å². The number of aryl methyl sites for hydroxylation is 2. The molecule has 0 fully saturated rings. The van der Waals surface area contributed by atoms with Gasteiger partial charge in [0.2, 0.25) is 0 Å². The summed E-state index contributed by atoms with van der Waals surface area (Å²) < 4.78 is 13.0. The first-order valence-electron chi connectivity index (χ1n) is 6.81. The molecule has 0 saturated heterocycles. The molecule has 0 bridgehead atoms. The average Bonchev–Trinajstić information content (AvgIpc) is 2.78. The van der Waals surface area contributed by atoms with Gasteiger partial charge in [-0.3, -0.25) is 4.68 Å². The molecule has 0 saturated carbocycles. The first-order chi connectivity index (χ1) is 10.1. The molecular weight excluding hydrogens is 290 g/mol. The summed E-state index contributed by atoms with van der Waals surface area (Å²) in [5.74, 6) is 1.31. The van der Waals surface area contributed by atoms with Crippen molar-refractivity contribution in [1.29, 1.82) is 0 Å². The van der Waals surface area contributed by atoms with Crippen molar-refractivity contribution < 1.29 is 9.47 Å². The van der Waals surface area contributed by atoms with Crippen LogP contribution in [0.5, 0.6) is 11.5 Å². The number of halogens is 1. The van der Waals surface area contributed by atoms with Crippen molar-refractivity contribution in [2.45, 2.75) is 26.5 Å². The number of rotatable bonds is 6. The molecule has 1 heterocycles. The standard InChI is InChI=1S/C15H20ClN3O2/c1-4-11-14(16)12(19(2)18-11)9-21-15-10(8-17)6-5-7-13(15)20-3/h5-7H,4,8-9,17H2,1-3H3. The summed E-state index contributed by atoms with van der Waals surface area (Å²) in [6, 6.07) is 5.65. The summed E-state index contributed by atoms with van der Waals surface area (Å²) in [6.07, 6.45) is 0.787. The van der Waals surface area contributed by atoms with Gasteiger partial charge in [-0.25, -0.2) is 0 Å². The molecule has 6 heteroatoms. The maximum absolute atomic E-state index is 6.32. The average molecular weight is 310 g/mol. The smallest absolute Gasteiger partial charge is 0.166 e. The van der Waals surface area contributed by atoms with Crippen molar-refractivity contribution in [2.75, 3.05) is 7.11 Å². The van der Waals surface area contributed by atoms with Crippen LogP contribution in [0.15, 0.2) is 18.2 Å². The summed E-state index contributed by atoms with van der Waals surface area (Å²) in [4.78, 5) is 0. The highest BCUT2D eigenvalue weighted by atomic mass is 35.5. The number of para-hydroxylation sites is 1. The van der Waals surface area contributed by atoms with Gasteiger partial charge in [-0.15, -0.1) is 0 Å². The highest BCUT2D eigenvalue weighted by Gasteiger charge is 2.16. The molecule has 0 amide bonds. The summed E-state index contributed by atoms with van der Waals surface area (Å²) in [5, 5.41) is 5.03.